The number of aromatic nitrogens is 3. The Hall–Kier alpha value is -2.22. The molecule has 0 fully saturated rings. The lowest BCUT2D eigenvalue weighted by Gasteiger charge is -2.13. The summed E-state index contributed by atoms with van der Waals surface area (Å²) in [7, 11) is 0. The highest BCUT2D eigenvalue weighted by Crippen LogP contribution is 2.20. The molecule has 0 amide bonds. The molecule has 2 rings (SSSR count). The fourth-order valence-electron chi connectivity index (χ4n) is 2.02. The van der Waals surface area contributed by atoms with Crippen molar-refractivity contribution >= 4 is 17.7 Å². The van der Waals surface area contributed by atoms with Gasteiger partial charge in [0.15, 0.2) is 5.16 Å². The Morgan fingerprint density at radius 1 is 1.32 bits per heavy atom. The van der Waals surface area contributed by atoms with Gasteiger partial charge in [0.05, 0.1) is 6.10 Å². The second-order valence-corrected chi connectivity index (χ2v) is 6.55. The molecule has 0 radical (unpaired) electrons. The molecule has 0 N–H and O–H groups in total. The van der Waals surface area contributed by atoms with Crippen LogP contribution in [0.25, 0.3) is 0 Å². The van der Waals surface area contributed by atoms with Crippen molar-refractivity contribution in [2.24, 2.45) is 0 Å². The van der Waals surface area contributed by atoms with Gasteiger partial charge in [-0.15, -0.1) is 0 Å². The zero-order valence-electron chi connectivity index (χ0n) is 14.4. The van der Waals surface area contributed by atoms with Gasteiger partial charge in [0.25, 0.3) is 5.56 Å². The van der Waals surface area contributed by atoms with Gasteiger partial charge in [0.2, 0.25) is 0 Å². The van der Waals surface area contributed by atoms with Crippen LogP contribution in [0.4, 0.5) is 4.39 Å². The van der Waals surface area contributed by atoms with Gasteiger partial charge in [-0.05, 0) is 38.0 Å². The summed E-state index contributed by atoms with van der Waals surface area (Å²) in [5.74, 6) is -0.285. The van der Waals surface area contributed by atoms with E-state index in [0.29, 0.717) is 23.0 Å². The zero-order valence-corrected chi connectivity index (χ0v) is 15.2. The van der Waals surface area contributed by atoms with Crippen LogP contribution in [0.1, 0.15) is 32.0 Å². The number of benzene rings is 1. The lowest BCUT2D eigenvalue weighted by Crippen LogP contribution is -2.27. The van der Waals surface area contributed by atoms with Crippen LogP contribution in [0.15, 0.2) is 34.2 Å². The summed E-state index contributed by atoms with van der Waals surface area (Å²) in [5, 5.41) is 4.55. The van der Waals surface area contributed by atoms with E-state index in [0.717, 1.165) is 5.56 Å². The fraction of sp³-hybridized carbons (Fsp3) is 0.412. The predicted octanol–water partition coefficient (Wildman–Crippen LogP) is 2.58. The summed E-state index contributed by atoms with van der Waals surface area (Å²) < 4.78 is 19.5. The molecule has 25 heavy (non-hydrogen) atoms. The molecule has 2 aromatic rings. The first-order valence-electron chi connectivity index (χ1n) is 7.93. The van der Waals surface area contributed by atoms with Crippen molar-refractivity contribution in [1.29, 1.82) is 0 Å². The maximum Gasteiger partial charge on any atom is 0.328 e. The molecule has 1 aromatic carbocycles. The van der Waals surface area contributed by atoms with Gasteiger partial charge in [-0.1, -0.05) is 30.8 Å². The highest BCUT2D eigenvalue weighted by atomic mass is 32.2. The third-order valence-corrected chi connectivity index (χ3v) is 4.21. The average molecular weight is 365 g/mol. The van der Waals surface area contributed by atoms with Crippen LogP contribution in [0.3, 0.4) is 0 Å². The molecule has 0 saturated heterocycles. The molecule has 6 nitrogen and oxygen atoms in total. The highest BCUT2D eigenvalue weighted by molar-refractivity contribution is 7.98. The monoisotopic (exact) mass is 365 g/mol. The van der Waals surface area contributed by atoms with Crippen LogP contribution in [0.5, 0.6) is 0 Å². The van der Waals surface area contributed by atoms with Gasteiger partial charge >= 0.3 is 5.97 Å². The average Bonchev–Trinajstić information content (AvgIpc) is 2.55. The van der Waals surface area contributed by atoms with Crippen molar-refractivity contribution in [2.75, 3.05) is 0 Å². The minimum Gasteiger partial charge on any atom is -0.462 e. The minimum absolute atomic E-state index is 0.121. The molecule has 0 saturated carbocycles. The minimum atomic E-state index is -0.446. The molecule has 0 atom stereocenters. The molecule has 0 bridgehead atoms. The Morgan fingerprint density at radius 2 is 2.00 bits per heavy atom. The smallest absolute Gasteiger partial charge is 0.328 e. The van der Waals surface area contributed by atoms with Gasteiger partial charge in [0, 0.05) is 5.75 Å². The quantitative estimate of drug-likeness (QED) is 0.555. The highest BCUT2D eigenvalue weighted by Gasteiger charge is 2.15. The lowest BCUT2D eigenvalue weighted by molar-refractivity contribution is -0.148. The number of thioether (sulfide) groups is 1. The maximum atomic E-state index is 13.0. The van der Waals surface area contributed by atoms with Gasteiger partial charge in [-0.2, -0.15) is 10.1 Å². The first-order chi connectivity index (χ1) is 11.9. The number of carbonyl (C=O) groups excluding carboxylic acids is 1. The Labute approximate surface area is 149 Å². The van der Waals surface area contributed by atoms with E-state index in [1.807, 2.05) is 0 Å². The molecule has 1 aromatic heterocycles. The molecular formula is C17H20FN3O3S. The number of nitrogens with zero attached hydrogens (tertiary/aromatic N) is 3. The number of hydrogen-bond donors (Lipinski definition) is 0. The molecule has 0 aliphatic heterocycles. The van der Waals surface area contributed by atoms with Crippen LogP contribution in [0.2, 0.25) is 0 Å². The van der Waals surface area contributed by atoms with E-state index in [1.54, 1.807) is 32.9 Å². The van der Waals surface area contributed by atoms with Crippen LogP contribution in [-0.4, -0.2) is 26.8 Å². The van der Waals surface area contributed by atoms with Crippen molar-refractivity contribution in [3.05, 3.63) is 51.7 Å². The van der Waals surface area contributed by atoms with E-state index in [4.69, 9.17) is 4.74 Å². The third-order valence-electron chi connectivity index (χ3n) is 3.17. The van der Waals surface area contributed by atoms with Crippen molar-refractivity contribution in [3.8, 4) is 0 Å². The largest absolute Gasteiger partial charge is 0.462 e. The van der Waals surface area contributed by atoms with Crippen molar-refractivity contribution in [1.82, 2.24) is 14.8 Å². The van der Waals surface area contributed by atoms with E-state index in [1.165, 1.54) is 28.6 Å². The normalized spacial score (nSPS) is 10.9. The Balaban J connectivity index is 2.21. The van der Waals surface area contributed by atoms with Crippen LogP contribution < -0.4 is 5.56 Å². The van der Waals surface area contributed by atoms with E-state index in [-0.39, 0.29) is 18.5 Å². The summed E-state index contributed by atoms with van der Waals surface area (Å²) >= 11 is 1.26. The third kappa shape index (κ3) is 5.67. The first kappa shape index (κ1) is 19.1. The van der Waals surface area contributed by atoms with Crippen molar-refractivity contribution < 1.29 is 13.9 Å². The van der Waals surface area contributed by atoms with Gasteiger partial charge < -0.3 is 4.74 Å². The number of aryl methyl sites for hydroxylation is 1. The van der Waals surface area contributed by atoms with Crippen LogP contribution in [-0.2, 0) is 28.2 Å². The van der Waals surface area contributed by atoms with Gasteiger partial charge in [-0.3, -0.25) is 9.59 Å². The summed E-state index contributed by atoms with van der Waals surface area (Å²) in [6.45, 7) is 5.20. The topological polar surface area (TPSA) is 74.1 Å². The number of hydrogen-bond acceptors (Lipinski definition) is 6. The van der Waals surface area contributed by atoms with Gasteiger partial charge in [0.1, 0.15) is 18.1 Å². The number of esters is 1. The molecule has 0 spiro atoms. The zero-order chi connectivity index (χ0) is 18.4. The summed E-state index contributed by atoms with van der Waals surface area (Å²) in [5.41, 5.74) is 0.762. The molecule has 134 valence electrons. The summed E-state index contributed by atoms with van der Waals surface area (Å²) in [6, 6.07) is 6.06. The maximum absolute atomic E-state index is 13.0. The van der Waals surface area contributed by atoms with E-state index >= 15 is 0 Å². The Kier molecular flexibility index (Phi) is 6.69. The SMILES string of the molecule is CCc1nn(CC(=O)OC(C)C)c(SCc2ccc(F)cc2)nc1=O. The molecule has 8 heteroatoms. The number of rotatable bonds is 7. The molecular weight excluding hydrogens is 345 g/mol. The number of ether oxygens (including phenoxy) is 1. The molecule has 1 heterocycles. The number of halogens is 1. The van der Waals surface area contributed by atoms with E-state index in [9.17, 15) is 14.0 Å². The Bertz CT molecular complexity index is 791. The lowest BCUT2D eigenvalue weighted by atomic mass is 10.2. The van der Waals surface area contributed by atoms with E-state index < -0.39 is 11.5 Å². The van der Waals surface area contributed by atoms with E-state index in [2.05, 4.69) is 10.1 Å². The molecule has 0 aliphatic carbocycles. The Morgan fingerprint density at radius 3 is 2.60 bits per heavy atom. The first-order valence-corrected chi connectivity index (χ1v) is 8.92. The van der Waals surface area contributed by atoms with Gasteiger partial charge in [-0.25, -0.2) is 9.07 Å². The van der Waals surface area contributed by atoms with Crippen molar-refractivity contribution in [2.45, 2.75) is 50.8 Å². The predicted molar refractivity (Wildman–Crippen MR) is 92.9 cm³/mol. The molecule has 0 unspecified atom stereocenters. The molecule has 0 aliphatic rings. The van der Waals surface area contributed by atoms with Crippen LogP contribution >= 0.6 is 11.8 Å². The second kappa shape index (κ2) is 8.75. The summed E-state index contributed by atoms with van der Waals surface area (Å²) in [4.78, 5) is 27.9. The van der Waals surface area contributed by atoms with Crippen LogP contribution in [0, 0.1) is 5.82 Å². The standard InChI is InChI=1S/C17H20FN3O3S/c1-4-14-16(23)19-17(21(20-14)9-15(22)24-11(2)3)25-10-12-5-7-13(18)8-6-12/h5-8,11H,4,9-10H2,1-3H3. The number of carbonyl (C=O) groups is 1. The second-order valence-electron chi connectivity index (χ2n) is 5.61. The summed E-state index contributed by atoms with van der Waals surface area (Å²) in [6.07, 6.45) is 0.189. The fourth-order valence-corrected chi connectivity index (χ4v) is 2.91. The van der Waals surface area contributed by atoms with Crippen molar-refractivity contribution in [3.63, 3.8) is 0 Å².